The molecule has 0 aromatic heterocycles. The van der Waals surface area contributed by atoms with Crippen molar-refractivity contribution in [3.63, 3.8) is 0 Å². The van der Waals surface area contributed by atoms with Crippen LogP contribution in [0.25, 0.3) is 0 Å². The summed E-state index contributed by atoms with van der Waals surface area (Å²) in [7, 11) is 0. The van der Waals surface area contributed by atoms with Gasteiger partial charge in [0, 0.05) is 24.8 Å². The summed E-state index contributed by atoms with van der Waals surface area (Å²) >= 11 is 5.92. The first-order chi connectivity index (χ1) is 24.4. The minimum Gasteiger partial charge on any atom is -0.481 e. The molecule has 1 unspecified atom stereocenters. The Morgan fingerprint density at radius 2 is 1.27 bits per heavy atom. The molecule has 1 aliphatic rings. The van der Waals surface area contributed by atoms with Gasteiger partial charge in [-0.15, -0.1) is 0 Å². The second kappa shape index (κ2) is 21.6. The lowest BCUT2D eigenvalue weighted by atomic mass is 9.84. The number of carboxylic acid groups (broad SMARTS) is 2. The molecule has 1 aromatic rings. The predicted molar refractivity (Wildman–Crippen MR) is 189 cm³/mol. The molecule has 5 atom stereocenters. The van der Waals surface area contributed by atoms with Crippen LogP contribution in [0.3, 0.4) is 0 Å². The van der Waals surface area contributed by atoms with E-state index in [1.807, 2.05) is 0 Å². The summed E-state index contributed by atoms with van der Waals surface area (Å²) in [5.74, 6) is -7.66. The highest BCUT2D eigenvalue weighted by Gasteiger charge is 2.35. The van der Waals surface area contributed by atoms with Crippen molar-refractivity contribution in [2.24, 2.45) is 17.6 Å². The van der Waals surface area contributed by atoms with Crippen molar-refractivity contribution in [3.8, 4) is 0 Å². The molecular weight excluding hydrogens is 700 g/mol. The van der Waals surface area contributed by atoms with Crippen molar-refractivity contribution in [1.29, 1.82) is 0 Å². The normalized spacial score (nSPS) is 15.9. The van der Waals surface area contributed by atoms with Gasteiger partial charge in [0.05, 0.1) is 6.42 Å². The standard InChI is InChI=1S/C35H51ClN6O10/c1-19(2)15-25(32(48)42-28(35(51)52)17-22-9-11-23(36)12-10-22)39-34(50)27(18-30(45)46)41-33(49)26(16-21-7-5-4-6-8-21)40-31(47)24(38-20(3)43)13-14-29(37)44/h9-12,19,21,24-28H,4-8,13-18H2,1-3H3,(H2,37,44)(H,38,43)(H,39,50)(H,40,47)(H,41,49)(H,42,48)(H,45,46)(H,51,52)/t24-,25-,26-,27?,28-/m0/s1. The SMILES string of the molecule is CC(=O)N[C@@H](CCC(N)=O)C(=O)N[C@@H](CC1CCCCC1)C(=O)NC(CC(=O)O)C(=O)N[C@@H](CC(C)C)C(=O)N[C@@H](Cc1ccc(Cl)cc1)C(=O)O. The molecule has 1 aromatic carbocycles. The number of primary amides is 1. The van der Waals surface area contributed by atoms with Gasteiger partial charge in [-0.25, -0.2) is 4.79 Å². The van der Waals surface area contributed by atoms with E-state index in [1.54, 1.807) is 38.1 Å². The van der Waals surface area contributed by atoms with Crippen LogP contribution in [-0.4, -0.2) is 87.8 Å². The third-order valence-electron chi connectivity index (χ3n) is 8.62. The van der Waals surface area contributed by atoms with Crippen molar-refractivity contribution in [2.45, 2.75) is 122 Å². The Kier molecular flexibility index (Phi) is 18.0. The fourth-order valence-corrected chi connectivity index (χ4v) is 6.15. The Hall–Kier alpha value is -4.73. The number of aliphatic carboxylic acids is 2. The first kappa shape index (κ1) is 43.4. The fourth-order valence-electron chi connectivity index (χ4n) is 6.02. The fraction of sp³-hybridized carbons (Fsp3) is 0.600. The van der Waals surface area contributed by atoms with Crippen LogP contribution in [0.1, 0.15) is 90.5 Å². The van der Waals surface area contributed by atoms with Crippen LogP contribution in [0, 0.1) is 11.8 Å². The highest BCUT2D eigenvalue weighted by Crippen LogP contribution is 2.27. The van der Waals surface area contributed by atoms with E-state index >= 15 is 0 Å². The maximum Gasteiger partial charge on any atom is 0.326 e. The molecule has 16 nitrogen and oxygen atoms in total. The van der Waals surface area contributed by atoms with Crippen LogP contribution in [0.15, 0.2) is 24.3 Å². The first-order valence-corrected chi connectivity index (χ1v) is 17.8. The highest BCUT2D eigenvalue weighted by molar-refractivity contribution is 6.30. The summed E-state index contributed by atoms with van der Waals surface area (Å²) in [5, 5.41) is 32.3. The molecule has 0 heterocycles. The average molecular weight is 751 g/mol. The van der Waals surface area contributed by atoms with Crippen LogP contribution < -0.4 is 32.3 Å². The van der Waals surface area contributed by atoms with Gasteiger partial charge in [0.15, 0.2) is 0 Å². The number of hydrogen-bond acceptors (Lipinski definition) is 8. The molecule has 9 N–H and O–H groups in total. The number of benzene rings is 1. The van der Waals surface area contributed by atoms with Gasteiger partial charge in [-0.05, 0) is 48.8 Å². The topological polar surface area (TPSA) is 263 Å². The van der Waals surface area contributed by atoms with E-state index in [0.717, 1.165) is 32.1 Å². The number of carbonyl (C=O) groups excluding carboxylic acids is 6. The molecule has 0 saturated heterocycles. The number of nitrogens with one attached hydrogen (secondary N) is 5. The summed E-state index contributed by atoms with van der Waals surface area (Å²) in [4.78, 5) is 101. The second-order valence-electron chi connectivity index (χ2n) is 13.6. The van der Waals surface area contributed by atoms with Gasteiger partial charge in [0.2, 0.25) is 35.4 Å². The lowest BCUT2D eigenvalue weighted by molar-refractivity contribution is -0.143. The van der Waals surface area contributed by atoms with Crippen molar-refractivity contribution in [3.05, 3.63) is 34.9 Å². The maximum absolute atomic E-state index is 13.8. The lowest BCUT2D eigenvalue weighted by Gasteiger charge is -2.29. The Morgan fingerprint density at radius 3 is 1.81 bits per heavy atom. The first-order valence-electron chi connectivity index (χ1n) is 17.4. The number of carboxylic acids is 2. The second-order valence-corrected chi connectivity index (χ2v) is 14.1. The number of nitrogens with two attached hydrogens (primary N) is 1. The van der Waals surface area contributed by atoms with Gasteiger partial charge in [-0.1, -0.05) is 69.7 Å². The molecule has 52 heavy (non-hydrogen) atoms. The molecule has 1 aliphatic carbocycles. The average Bonchev–Trinajstić information content (AvgIpc) is 3.05. The van der Waals surface area contributed by atoms with Crippen molar-refractivity contribution >= 4 is 59.0 Å². The molecule has 0 aliphatic heterocycles. The van der Waals surface area contributed by atoms with E-state index in [-0.39, 0.29) is 43.9 Å². The number of rotatable bonds is 21. The number of amides is 6. The van der Waals surface area contributed by atoms with Gasteiger partial charge in [0.25, 0.3) is 0 Å². The molecule has 1 fully saturated rings. The van der Waals surface area contributed by atoms with Crippen molar-refractivity contribution < 1.29 is 48.6 Å². The zero-order chi connectivity index (χ0) is 39.0. The minimum absolute atomic E-state index is 0.0237. The van der Waals surface area contributed by atoms with Gasteiger partial charge in [0.1, 0.15) is 30.2 Å². The van der Waals surface area contributed by atoms with Crippen LogP contribution in [0.5, 0.6) is 0 Å². The largest absolute Gasteiger partial charge is 0.481 e. The summed E-state index contributed by atoms with van der Waals surface area (Å²) in [5.41, 5.74) is 5.81. The molecule has 0 bridgehead atoms. The summed E-state index contributed by atoms with van der Waals surface area (Å²) in [6.07, 6.45) is 3.27. The van der Waals surface area contributed by atoms with Gasteiger partial charge >= 0.3 is 11.9 Å². The van der Waals surface area contributed by atoms with E-state index in [0.29, 0.717) is 10.6 Å². The monoisotopic (exact) mass is 750 g/mol. The lowest BCUT2D eigenvalue weighted by Crippen LogP contribution is -2.59. The summed E-state index contributed by atoms with van der Waals surface area (Å²) < 4.78 is 0. The Bertz CT molecular complexity index is 1430. The summed E-state index contributed by atoms with van der Waals surface area (Å²) in [6.45, 7) is 4.71. The third kappa shape index (κ3) is 16.1. The molecule has 288 valence electrons. The van der Waals surface area contributed by atoms with Crippen molar-refractivity contribution in [2.75, 3.05) is 0 Å². The van der Waals surface area contributed by atoms with Gasteiger partial charge < -0.3 is 42.5 Å². The minimum atomic E-state index is -1.69. The molecule has 0 spiro atoms. The zero-order valence-electron chi connectivity index (χ0n) is 29.7. The van der Waals surface area contributed by atoms with Gasteiger partial charge in [-0.3, -0.25) is 33.6 Å². The molecular formula is C35H51ClN6O10. The molecule has 2 rings (SSSR count). The van der Waals surface area contributed by atoms with E-state index in [4.69, 9.17) is 17.3 Å². The summed E-state index contributed by atoms with van der Waals surface area (Å²) in [6, 6.07) is -0.428. The number of carbonyl (C=O) groups is 8. The number of hydrogen-bond donors (Lipinski definition) is 8. The van der Waals surface area contributed by atoms with E-state index in [1.165, 1.54) is 6.92 Å². The zero-order valence-corrected chi connectivity index (χ0v) is 30.5. The van der Waals surface area contributed by atoms with Crippen LogP contribution in [-0.2, 0) is 44.8 Å². The molecule has 1 saturated carbocycles. The van der Waals surface area contributed by atoms with Crippen LogP contribution in [0.2, 0.25) is 5.02 Å². The van der Waals surface area contributed by atoms with Gasteiger partial charge in [-0.2, -0.15) is 0 Å². The highest BCUT2D eigenvalue weighted by atomic mass is 35.5. The Morgan fingerprint density at radius 1 is 0.750 bits per heavy atom. The Labute approximate surface area is 307 Å². The quantitative estimate of drug-likeness (QED) is 0.0889. The predicted octanol–water partition coefficient (Wildman–Crippen LogP) is 1.17. The van der Waals surface area contributed by atoms with E-state index in [2.05, 4.69) is 26.6 Å². The molecule has 17 heteroatoms. The van der Waals surface area contributed by atoms with Crippen LogP contribution >= 0.6 is 11.6 Å². The smallest absolute Gasteiger partial charge is 0.326 e. The van der Waals surface area contributed by atoms with Crippen LogP contribution in [0.4, 0.5) is 0 Å². The van der Waals surface area contributed by atoms with E-state index in [9.17, 15) is 48.6 Å². The Balaban J connectivity index is 2.29. The third-order valence-corrected chi connectivity index (χ3v) is 8.87. The molecule has 0 radical (unpaired) electrons. The molecule has 6 amide bonds. The maximum atomic E-state index is 13.8. The van der Waals surface area contributed by atoms with Crippen molar-refractivity contribution in [1.82, 2.24) is 26.6 Å². The van der Waals surface area contributed by atoms with E-state index < -0.39 is 84.0 Å². The number of halogens is 1.